The van der Waals surface area contributed by atoms with Crippen LogP contribution in [-0.4, -0.2) is 43.1 Å². The summed E-state index contributed by atoms with van der Waals surface area (Å²) in [4.78, 5) is 9.19. The Balaban J connectivity index is 2.07. The van der Waals surface area contributed by atoms with Gasteiger partial charge in [0.15, 0.2) is 0 Å². The highest BCUT2D eigenvalue weighted by Crippen LogP contribution is 2.15. The molecule has 92 valence electrons. The maximum absolute atomic E-state index is 4.47. The Morgan fingerprint density at radius 3 is 2.76 bits per heavy atom. The molecular formula is C14H21N3. The van der Waals surface area contributed by atoms with E-state index >= 15 is 0 Å². The van der Waals surface area contributed by atoms with Gasteiger partial charge in [0, 0.05) is 32.4 Å². The normalized spacial score (nSPS) is 17.9. The number of allylic oxidation sites excluding steroid dienone is 1. The first kappa shape index (κ1) is 12.1. The predicted molar refractivity (Wildman–Crippen MR) is 73.3 cm³/mol. The second kappa shape index (κ2) is 5.82. The van der Waals surface area contributed by atoms with Crippen molar-refractivity contribution < 1.29 is 0 Å². The van der Waals surface area contributed by atoms with Crippen molar-refractivity contribution >= 4 is 11.9 Å². The summed E-state index contributed by atoms with van der Waals surface area (Å²) in [5.74, 6) is 1.11. The zero-order valence-electron chi connectivity index (χ0n) is 10.8. The summed E-state index contributed by atoms with van der Waals surface area (Å²) in [6.45, 7) is 6.54. The van der Waals surface area contributed by atoms with Gasteiger partial charge in [-0.1, -0.05) is 19.1 Å². The van der Waals surface area contributed by atoms with E-state index in [9.17, 15) is 0 Å². The quantitative estimate of drug-likeness (QED) is 0.795. The van der Waals surface area contributed by atoms with Gasteiger partial charge in [0.05, 0.1) is 0 Å². The molecule has 17 heavy (non-hydrogen) atoms. The average Bonchev–Trinajstić information content (AvgIpc) is 2.37. The van der Waals surface area contributed by atoms with Gasteiger partial charge in [0.1, 0.15) is 5.82 Å². The lowest BCUT2D eigenvalue weighted by Crippen LogP contribution is -2.44. The minimum Gasteiger partial charge on any atom is -0.354 e. The highest BCUT2D eigenvalue weighted by atomic mass is 15.3. The third kappa shape index (κ3) is 3.30. The van der Waals surface area contributed by atoms with Gasteiger partial charge < -0.3 is 9.80 Å². The summed E-state index contributed by atoms with van der Waals surface area (Å²) in [5, 5.41) is 0. The molecule has 0 amide bonds. The molecule has 0 radical (unpaired) electrons. The zero-order chi connectivity index (χ0) is 12.1. The van der Waals surface area contributed by atoms with Crippen LogP contribution >= 0.6 is 0 Å². The number of nitrogens with zero attached hydrogens (tertiary/aromatic N) is 3. The second-order valence-electron chi connectivity index (χ2n) is 4.55. The number of piperazine rings is 1. The molecular weight excluding hydrogens is 210 g/mol. The van der Waals surface area contributed by atoms with Crippen LogP contribution in [0.1, 0.15) is 18.9 Å². The molecule has 0 saturated carbocycles. The molecule has 1 aromatic rings. The molecule has 0 aromatic carbocycles. The summed E-state index contributed by atoms with van der Waals surface area (Å²) in [6.07, 6.45) is 7.33. The van der Waals surface area contributed by atoms with Gasteiger partial charge in [-0.25, -0.2) is 4.98 Å². The van der Waals surface area contributed by atoms with Crippen LogP contribution in [-0.2, 0) is 0 Å². The summed E-state index contributed by atoms with van der Waals surface area (Å²) in [6, 6.07) is 4.24. The van der Waals surface area contributed by atoms with E-state index in [1.165, 1.54) is 5.56 Å². The van der Waals surface area contributed by atoms with Crippen LogP contribution < -0.4 is 4.90 Å². The molecule has 2 heterocycles. The van der Waals surface area contributed by atoms with Crippen LogP contribution in [0.25, 0.3) is 6.08 Å². The van der Waals surface area contributed by atoms with Crippen LogP contribution in [0.15, 0.2) is 24.4 Å². The fraction of sp³-hybridized carbons (Fsp3) is 0.500. The summed E-state index contributed by atoms with van der Waals surface area (Å²) in [7, 11) is 2.17. The molecule has 0 unspecified atom stereocenters. The Labute approximate surface area is 104 Å². The van der Waals surface area contributed by atoms with Crippen molar-refractivity contribution in [2.45, 2.75) is 13.3 Å². The van der Waals surface area contributed by atoms with E-state index in [2.05, 4.69) is 53.0 Å². The first-order valence-corrected chi connectivity index (χ1v) is 6.35. The maximum atomic E-state index is 4.47. The molecule has 1 fully saturated rings. The fourth-order valence-corrected chi connectivity index (χ4v) is 2.00. The second-order valence-corrected chi connectivity index (χ2v) is 4.55. The Morgan fingerprint density at radius 1 is 1.29 bits per heavy atom. The van der Waals surface area contributed by atoms with E-state index in [4.69, 9.17) is 0 Å². The maximum Gasteiger partial charge on any atom is 0.129 e. The topological polar surface area (TPSA) is 19.4 Å². The van der Waals surface area contributed by atoms with Gasteiger partial charge in [-0.15, -0.1) is 0 Å². The Hall–Kier alpha value is -1.35. The summed E-state index contributed by atoms with van der Waals surface area (Å²) < 4.78 is 0. The number of likely N-dealkylation sites (N-methyl/N-ethyl adjacent to an activating group) is 1. The van der Waals surface area contributed by atoms with Crippen LogP contribution in [0, 0.1) is 0 Å². The van der Waals surface area contributed by atoms with Crippen molar-refractivity contribution in [2.24, 2.45) is 0 Å². The van der Waals surface area contributed by atoms with Crippen LogP contribution in [0.3, 0.4) is 0 Å². The number of hydrogen-bond acceptors (Lipinski definition) is 3. The minimum absolute atomic E-state index is 1.07. The molecule has 2 rings (SSSR count). The fourth-order valence-electron chi connectivity index (χ4n) is 2.00. The number of aromatic nitrogens is 1. The molecule has 0 atom stereocenters. The van der Waals surface area contributed by atoms with Gasteiger partial charge in [0.25, 0.3) is 0 Å². The van der Waals surface area contributed by atoms with Crippen LogP contribution in [0.5, 0.6) is 0 Å². The molecule has 0 spiro atoms. The highest BCUT2D eigenvalue weighted by Gasteiger charge is 2.14. The Bertz CT molecular complexity index is 379. The van der Waals surface area contributed by atoms with E-state index in [-0.39, 0.29) is 0 Å². The van der Waals surface area contributed by atoms with E-state index in [1.54, 1.807) is 0 Å². The van der Waals surface area contributed by atoms with Gasteiger partial charge >= 0.3 is 0 Å². The lowest BCUT2D eigenvalue weighted by Gasteiger charge is -2.33. The third-order valence-electron chi connectivity index (χ3n) is 3.14. The van der Waals surface area contributed by atoms with E-state index in [1.807, 2.05) is 6.20 Å². The summed E-state index contributed by atoms with van der Waals surface area (Å²) >= 11 is 0. The molecule has 3 heteroatoms. The predicted octanol–water partition coefficient (Wildman–Crippen LogP) is 2.26. The highest BCUT2D eigenvalue weighted by molar-refractivity contribution is 5.54. The first-order valence-electron chi connectivity index (χ1n) is 6.35. The molecule has 0 N–H and O–H groups in total. The van der Waals surface area contributed by atoms with E-state index in [0.29, 0.717) is 0 Å². The van der Waals surface area contributed by atoms with E-state index in [0.717, 1.165) is 38.4 Å². The molecule has 1 aliphatic heterocycles. The lowest BCUT2D eigenvalue weighted by molar-refractivity contribution is 0.312. The molecule has 1 saturated heterocycles. The number of hydrogen-bond donors (Lipinski definition) is 0. The van der Waals surface area contributed by atoms with E-state index < -0.39 is 0 Å². The first-order chi connectivity index (χ1) is 8.29. The van der Waals surface area contributed by atoms with Crippen molar-refractivity contribution in [3.8, 4) is 0 Å². The van der Waals surface area contributed by atoms with Crippen molar-refractivity contribution in [3.05, 3.63) is 30.0 Å². The minimum atomic E-state index is 1.07. The summed E-state index contributed by atoms with van der Waals surface area (Å²) in [5.41, 5.74) is 1.25. The van der Waals surface area contributed by atoms with Gasteiger partial charge in [-0.05, 0) is 31.2 Å². The van der Waals surface area contributed by atoms with Gasteiger partial charge in [-0.3, -0.25) is 0 Å². The lowest BCUT2D eigenvalue weighted by atomic mass is 10.2. The van der Waals surface area contributed by atoms with Gasteiger partial charge in [0.2, 0.25) is 0 Å². The SMILES string of the molecule is CCC=Cc1ccnc(N2CCN(C)CC2)c1. The van der Waals surface area contributed by atoms with Gasteiger partial charge in [-0.2, -0.15) is 0 Å². The van der Waals surface area contributed by atoms with Crippen LogP contribution in [0.2, 0.25) is 0 Å². The molecule has 1 aromatic heterocycles. The smallest absolute Gasteiger partial charge is 0.129 e. The monoisotopic (exact) mass is 231 g/mol. The molecule has 0 aliphatic carbocycles. The zero-order valence-corrected chi connectivity index (χ0v) is 10.8. The van der Waals surface area contributed by atoms with Crippen LogP contribution in [0.4, 0.5) is 5.82 Å². The largest absolute Gasteiger partial charge is 0.354 e. The van der Waals surface area contributed by atoms with Crippen molar-refractivity contribution in [1.29, 1.82) is 0 Å². The average molecular weight is 231 g/mol. The van der Waals surface area contributed by atoms with Crippen molar-refractivity contribution in [2.75, 3.05) is 38.1 Å². The standard InChI is InChI=1S/C14H21N3/c1-3-4-5-13-6-7-15-14(12-13)17-10-8-16(2)9-11-17/h4-7,12H,3,8-11H2,1-2H3. The Kier molecular flexibility index (Phi) is 4.15. The number of rotatable bonds is 3. The number of pyridine rings is 1. The third-order valence-corrected chi connectivity index (χ3v) is 3.14. The molecule has 0 bridgehead atoms. The Morgan fingerprint density at radius 2 is 2.06 bits per heavy atom. The van der Waals surface area contributed by atoms with Crippen molar-refractivity contribution in [3.63, 3.8) is 0 Å². The molecule has 3 nitrogen and oxygen atoms in total. The number of anilines is 1. The van der Waals surface area contributed by atoms with Crippen molar-refractivity contribution in [1.82, 2.24) is 9.88 Å². The molecule has 1 aliphatic rings.